The van der Waals surface area contributed by atoms with Crippen LogP contribution in [-0.4, -0.2) is 69.7 Å². The molecule has 0 spiro atoms. The number of ether oxygens (including phenoxy) is 1. The zero-order valence-electron chi connectivity index (χ0n) is 15.5. The largest absolute Gasteiger partial charge is 0.500 e. The minimum absolute atomic E-state index is 0.0984. The van der Waals surface area contributed by atoms with E-state index in [9.17, 15) is 19.8 Å². The lowest BCUT2D eigenvalue weighted by Crippen LogP contribution is -2.46. The zero-order valence-corrected chi connectivity index (χ0v) is 17.3. The van der Waals surface area contributed by atoms with Crippen molar-refractivity contribution in [1.29, 1.82) is 0 Å². The van der Waals surface area contributed by atoms with Crippen LogP contribution in [0, 0.1) is 23.7 Å². The van der Waals surface area contributed by atoms with Crippen molar-refractivity contribution in [2.75, 3.05) is 21.3 Å². The lowest BCUT2D eigenvalue weighted by atomic mass is 9.71. The van der Waals surface area contributed by atoms with Crippen LogP contribution >= 0.6 is 12.6 Å². The van der Waals surface area contributed by atoms with Gasteiger partial charge in [0.2, 0.25) is 0 Å². The molecule has 0 aromatic heterocycles. The fourth-order valence-corrected chi connectivity index (χ4v) is 6.63. The summed E-state index contributed by atoms with van der Waals surface area (Å²) < 4.78 is 22.0. The molecule has 8 nitrogen and oxygen atoms in total. The molecule has 2 N–H and O–H groups in total. The summed E-state index contributed by atoms with van der Waals surface area (Å²) in [5.74, 6) is -4.20. The second-order valence-corrected chi connectivity index (χ2v) is 10.8. The van der Waals surface area contributed by atoms with Crippen LogP contribution in [0.25, 0.3) is 0 Å². The van der Waals surface area contributed by atoms with E-state index in [1.807, 2.05) is 6.92 Å². The Morgan fingerprint density at radius 3 is 2.15 bits per heavy atom. The van der Waals surface area contributed by atoms with Gasteiger partial charge in [0.1, 0.15) is 0 Å². The normalized spacial score (nSPS) is 33.2. The highest BCUT2D eigenvalue weighted by atomic mass is 32.1. The number of aliphatic carboxylic acids is 2. The molecule has 0 amide bonds. The molecule has 2 aliphatic rings. The van der Waals surface area contributed by atoms with Crippen molar-refractivity contribution >= 4 is 33.4 Å². The van der Waals surface area contributed by atoms with Gasteiger partial charge < -0.3 is 28.2 Å². The van der Waals surface area contributed by atoms with E-state index in [2.05, 4.69) is 0 Å². The molecule has 0 radical (unpaired) electrons. The number of carbonyl (C=O) groups is 2. The fraction of sp³-hybridized carbons (Fsp3) is 0.875. The van der Waals surface area contributed by atoms with Gasteiger partial charge >= 0.3 is 20.7 Å². The van der Waals surface area contributed by atoms with E-state index in [4.69, 9.17) is 30.6 Å². The molecule has 0 aromatic rings. The van der Waals surface area contributed by atoms with E-state index < -0.39 is 44.8 Å². The third kappa shape index (κ3) is 3.95. The summed E-state index contributed by atoms with van der Waals surface area (Å²) in [5, 5.41) is 18.7. The van der Waals surface area contributed by atoms with Crippen LogP contribution < -0.4 is 0 Å². The smallest absolute Gasteiger partial charge is 0.481 e. The lowest BCUT2D eigenvalue weighted by Gasteiger charge is -2.34. The van der Waals surface area contributed by atoms with E-state index in [-0.39, 0.29) is 17.1 Å². The Kier molecular flexibility index (Phi) is 7.14. The maximum atomic E-state index is 11.6. The van der Waals surface area contributed by atoms with E-state index in [0.29, 0.717) is 12.5 Å². The van der Waals surface area contributed by atoms with Crippen LogP contribution in [0.4, 0.5) is 0 Å². The Morgan fingerprint density at radius 1 is 1.15 bits per heavy atom. The average Bonchev–Trinajstić information content (AvgIpc) is 3.20. The highest BCUT2D eigenvalue weighted by molar-refractivity contribution is 7.81. The molecule has 2 rings (SSSR count). The van der Waals surface area contributed by atoms with Crippen LogP contribution in [0.2, 0.25) is 6.04 Å². The first-order valence-corrected chi connectivity index (χ1v) is 11.1. The van der Waals surface area contributed by atoms with Gasteiger partial charge in [-0.1, -0.05) is 6.92 Å². The lowest BCUT2D eigenvalue weighted by molar-refractivity contribution is -0.154. The van der Waals surface area contributed by atoms with Crippen LogP contribution in [0.5, 0.6) is 0 Å². The van der Waals surface area contributed by atoms with Gasteiger partial charge in [-0.05, 0) is 18.8 Å². The second kappa shape index (κ2) is 8.57. The Balaban J connectivity index is 2.03. The Labute approximate surface area is 159 Å². The van der Waals surface area contributed by atoms with Gasteiger partial charge in [-0.2, -0.15) is 12.6 Å². The summed E-state index contributed by atoms with van der Waals surface area (Å²) in [7, 11) is 2.02. The number of carboxylic acid groups (broad SMARTS) is 2. The first-order valence-electron chi connectivity index (χ1n) is 8.66. The Morgan fingerprint density at radius 2 is 1.69 bits per heavy atom. The predicted octanol–water partition coefficient (Wildman–Crippen LogP) is 1.38. The van der Waals surface area contributed by atoms with Gasteiger partial charge in [0.25, 0.3) is 0 Å². The summed E-state index contributed by atoms with van der Waals surface area (Å²) in [6.07, 6.45) is 0.0866. The van der Waals surface area contributed by atoms with Gasteiger partial charge in [-0.15, -0.1) is 0 Å². The molecule has 150 valence electrons. The molecule has 26 heavy (non-hydrogen) atoms. The first kappa shape index (κ1) is 21.6. The predicted molar refractivity (Wildman–Crippen MR) is 97.2 cm³/mol. The molecule has 0 aromatic carbocycles. The molecule has 2 aliphatic heterocycles. The van der Waals surface area contributed by atoms with Crippen molar-refractivity contribution in [3.05, 3.63) is 0 Å². The number of fused-ring (bicyclic) bond motifs is 2. The minimum Gasteiger partial charge on any atom is -0.481 e. The highest BCUT2D eigenvalue weighted by Crippen LogP contribution is 2.50. The number of carboxylic acids is 2. The molecule has 2 bridgehead atoms. The Bertz CT molecular complexity index is 520. The Hall–Kier alpha value is -0.653. The molecule has 0 saturated carbocycles. The van der Waals surface area contributed by atoms with Crippen molar-refractivity contribution in [3.8, 4) is 0 Å². The van der Waals surface area contributed by atoms with E-state index >= 15 is 0 Å². The number of thiol groups is 1. The quantitative estimate of drug-likeness (QED) is 0.367. The topological polar surface area (TPSA) is 112 Å². The van der Waals surface area contributed by atoms with Gasteiger partial charge in [0, 0.05) is 38.5 Å². The fourth-order valence-electron chi connectivity index (χ4n) is 4.27. The molecule has 2 heterocycles. The van der Waals surface area contributed by atoms with Crippen molar-refractivity contribution in [3.63, 3.8) is 0 Å². The average molecular weight is 409 g/mol. The third-order valence-electron chi connectivity index (χ3n) is 5.83. The van der Waals surface area contributed by atoms with Crippen molar-refractivity contribution < 1.29 is 37.8 Å². The second-order valence-electron chi connectivity index (χ2n) is 7.07. The van der Waals surface area contributed by atoms with Gasteiger partial charge in [0.05, 0.1) is 24.0 Å². The molecule has 7 unspecified atom stereocenters. The molecular formula is C16H28O8SSi. The summed E-state index contributed by atoms with van der Waals surface area (Å²) >= 11 is 4.73. The van der Waals surface area contributed by atoms with Crippen molar-refractivity contribution in [2.45, 2.75) is 43.3 Å². The number of hydrogen-bond acceptors (Lipinski definition) is 7. The van der Waals surface area contributed by atoms with Crippen LogP contribution in [0.3, 0.4) is 0 Å². The molecule has 2 fully saturated rings. The molecular weight excluding hydrogens is 380 g/mol. The van der Waals surface area contributed by atoms with Crippen LogP contribution in [-0.2, 0) is 27.6 Å². The molecule has 7 atom stereocenters. The number of rotatable bonds is 10. The van der Waals surface area contributed by atoms with Crippen LogP contribution in [0.1, 0.15) is 19.8 Å². The van der Waals surface area contributed by atoms with Gasteiger partial charge in [-0.3, -0.25) is 9.59 Å². The third-order valence-corrected chi connectivity index (χ3v) is 9.49. The zero-order chi connectivity index (χ0) is 19.6. The van der Waals surface area contributed by atoms with E-state index in [0.717, 1.165) is 6.42 Å². The van der Waals surface area contributed by atoms with Gasteiger partial charge in [0.15, 0.2) is 0 Å². The van der Waals surface area contributed by atoms with E-state index in [1.54, 1.807) is 21.3 Å². The standard InChI is InChI=1S/C16H28O8SSi/c1-8(5-6-26(21-2,22-3)23-4)14(25)9-7-10-11(15(17)18)12(16(19)20)13(9)24-10/h8-14,25H,5-7H2,1-4H3,(H,17,18)(H,19,20). The SMILES string of the molecule is CO[Si](CCC(C)C(S)C1CC2OC1C(C(=O)O)C2C(=O)O)(OC)OC. The molecule has 2 saturated heterocycles. The minimum atomic E-state index is -2.68. The molecule has 0 aliphatic carbocycles. The van der Waals surface area contributed by atoms with Crippen molar-refractivity contribution in [2.24, 2.45) is 23.7 Å². The first-order chi connectivity index (χ1) is 12.2. The maximum absolute atomic E-state index is 11.6. The summed E-state index contributed by atoms with van der Waals surface area (Å²) in [6, 6.07) is 0.622. The van der Waals surface area contributed by atoms with Crippen LogP contribution in [0.15, 0.2) is 0 Å². The van der Waals surface area contributed by atoms with Crippen molar-refractivity contribution in [1.82, 2.24) is 0 Å². The maximum Gasteiger partial charge on any atom is 0.500 e. The van der Waals surface area contributed by atoms with E-state index in [1.165, 1.54) is 0 Å². The summed E-state index contributed by atoms with van der Waals surface area (Å²) in [4.78, 5) is 23.0. The number of hydrogen-bond donors (Lipinski definition) is 3. The summed E-state index contributed by atoms with van der Waals surface area (Å²) in [5.41, 5.74) is 0. The molecule has 10 heteroatoms. The monoisotopic (exact) mass is 408 g/mol. The highest BCUT2D eigenvalue weighted by Gasteiger charge is 2.61. The summed E-state index contributed by atoms with van der Waals surface area (Å²) in [6.45, 7) is 2.04. The van der Waals surface area contributed by atoms with Gasteiger partial charge in [-0.25, -0.2) is 0 Å².